The van der Waals surface area contributed by atoms with Crippen molar-refractivity contribution in [1.82, 2.24) is 10.2 Å². The average molecular weight is 399 g/mol. The summed E-state index contributed by atoms with van der Waals surface area (Å²) in [6.45, 7) is 0.631. The summed E-state index contributed by atoms with van der Waals surface area (Å²) in [7, 11) is 5.31. The van der Waals surface area contributed by atoms with E-state index in [9.17, 15) is 14.0 Å². The number of likely N-dealkylation sites (N-methyl/N-ethyl adjacent to an activating group) is 1. The lowest BCUT2D eigenvalue weighted by atomic mass is 10.0. The number of amides is 2. The number of carbonyl (C=O) groups is 2. The van der Waals surface area contributed by atoms with Gasteiger partial charge in [-0.15, -0.1) is 0 Å². The van der Waals surface area contributed by atoms with Crippen molar-refractivity contribution < 1.29 is 18.7 Å². The molecule has 0 unspecified atom stereocenters. The summed E-state index contributed by atoms with van der Waals surface area (Å²) in [5.74, 6) is -0.444. The molecule has 2 amide bonds. The Morgan fingerprint density at radius 2 is 2.03 bits per heavy atom. The Kier molecular flexibility index (Phi) is 6.49. The second kappa shape index (κ2) is 9.05. The van der Waals surface area contributed by atoms with Crippen molar-refractivity contribution in [3.05, 3.63) is 59.9 Å². The normalized spacial score (nSPS) is 17.5. The van der Waals surface area contributed by atoms with E-state index in [1.54, 1.807) is 24.1 Å². The van der Waals surface area contributed by atoms with E-state index >= 15 is 0 Å². The monoisotopic (exact) mass is 399 g/mol. The van der Waals surface area contributed by atoms with Crippen molar-refractivity contribution >= 4 is 17.5 Å². The van der Waals surface area contributed by atoms with Gasteiger partial charge in [-0.25, -0.2) is 4.39 Å². The summed E-state index contributed by atoms with van der Waals surface area (Å²) in [4.78, 5) is 28.8. The molecule has 2 aromatic rings. The molecule has 0 bridgehead atoms. The fourth-order valence-electron chi connectivity index (χ4n) is 3.62. The van der Waals surface area contributed by atoms with Crippen LogP contribution in [0, 0.1) is 11.7 Å². The van der Waals surface area contributed by atoms with Crippen LogP contribution in [0.5, 0.6) is 5.75 Å². The number of ether oxygens (including phenoxy) is 1. The SMILES string of the molecule is COc1ccccc1N1C[C@@H](C(=O)NC[C@@H](c2cccc(F)c2)N(C)C)CC1=O. The standard InChI is InChI=1S/C22H26FN3O3/c1-25(2)19(15-7-6-8-17(23)11-15)13-24-22(28)16-12-21(27)26(14-16)18-9-4-5-10-20(18)29-3/h4-11,16,19H,12-14H2,1-3H3,(H,24,28)/t16-,19-/m0/s1. The highest BCUT2D eigenvalue weighted by molar-refractivity contribution is 6.01. The minimum atomic E-state index is -0.442. The van der Waals surface area contributed by atoms with Crippen molar-refractivity contribution in [2.45, 2.75) is 12.5 Å². The maximum atomic E-state index is 13.6. The molecule has 0 spiro atoms. The predicted molar refractivity (Wildman–Crippen MR) is 109 cm³/mol. The van der Waals surface area contributed by atoms with E-state index in [0.29, 0.717) is 24.5 Å². The number of carbonyl (C=O) groups excluding carboxylic acids is 2. The molecule has 7 heteroatoms. The first-order valence-corrected chi connectivity index (χ1v) is 9.53. The van der Waals surface area contributed by atoms with E-state index in [4.69, 9.17) is 4.74 Å². The molecule has 0 saturated carbocycles. The van der Waals surface area contributed by atoms with Crippen molar-refractivity contribution in [2.24, 2.45) is 5.92 Å². The maximum Gasteiger partial charge on any atom is 0.227 e. The third-order valence-corrected chi connectivity index (χ3v) is 5.20. The molecule has 1 saturated heterocycles. The van der Waals surface area contributed by atoms with Crippen LogP contribution in [0.1, 0.15) is 18.0 Å². The molecule has 1 fully saturated rings. The average Bonchev–Trinajstić information content (AvgIpc) is 3.09. The Morgan fingerprint density at radius 1 is 1.28 bits per heavy atom. The maximum absolute atomic E-state index is 13.6. The summed E-state index contributed by atoms with van der Waals surface area (Å²) in [5.41, 5.74) is 1.45. The zero-order valence-corrected chi connectivity index (χ0v) is 16.9. The minimum absolute atomic E-state index is 0.107. The molecule has 1 heterocycles. The van der Waals surface area contributed by atoms with Gasteiger partial charge in [0.1, 0.15) is 11.6 Å². The molecule has 6 nitrogen and oxygen atoms in total. The first-order valence-electron chi connectivity index (χ1n) is 9.53. The number of nitrogens with one attached hydrogen (secondary N) is 1. The van der Waals surface area contributed by atoms with Crippen molar-refractivity contribution in [1.29, 1.82) is 0 Å². The topological polar surface area (TPSA) is 61.9 Å². The Hall–Kier alpha value is -2.93. The quantitative estimate of drug-likeness (QED) is 0.778. The minimum Gasteiger partial charge on any atom is -0.495 e. The van der Waals surface area contributed by atoms with Gasteiger partial charge in [0.15, 0.2) is 0 Å². The number of rotatable bonds is 7. The lowest BCUT2D eigenvalue weighted by Gasteiger charge is -2.26. The molecule has 2 aromatic carbocycles. The van der Waals surface area contributed by atoms with Gasteiger partial charge in [-0.1, -0.05) is 24.3 Å². The van der Waals surface area contributed by atoms with Crippen LogP contribution in [-0.4, -0.2) is 51.0 Å². The van der Waals surface area contributed by atoms with Gasteiger partial charge in [0.05, 0.1) is 24.8 Å². The molecule has 154 valence electrons. The number of halogens is 1. The third kappa shape index (κ3) is 4.74. The number of anilines is 1. The fourth-order valence-corrected chi connectivity index (χ4v) is 3.62. The van der Waals surface area contributed by atoms with Crippen molar-refractivity contribution in [3.63, 3.8) is 0 Å². The summed E-state index contributed by atoms with van der Waals surface area (Å²) in [6.07, 6.45) is 0.149. The molecule has 0 radical (unpaired) electrons. The number of nitrogens with zero attached hydrogens (tertiary/aromatic N) is 2. The molecular formula is C22H26FN3O3. The van der Waals surface area contributed by atoms with Gasteiger partial charge in [0, 0.05) is 19.5 Å². The van der Waals surface area contributed by atoms with E-state index in [1.807, 2.05) is 43.3 Å². The Balaban J connectivity index is 1.66. The van der Waals surface area contributed by atoms with Gasteiger partial charge >= 0.3 is 0 Å². The molecule has 1 aliphatic rings. The molecule has 3 rings (SSSR count). The molecule has 2 atom stereocenters. The molecule has 29 heavy (non-hydrogen) atoms. The smallest absolute Gasteiger partial charge is 0.227 e. The lowest BCUT2D eigenvalue weighted by Crippen LogP contribution is -2.38. The Morgan fingerprint density at radius 3 is 2.72 bits per heavy atom. The number of methoxy groups -OCH3 is 1. The van der Waals surface area contributed by atoms with E-state index in [2.05, 4.69) is 5.32 Å². The first-order chi connectivity index (χ1) is 13.9. The van der Waals surface area contributed by atoms with Crippen molar-refractivity contribution in [3.8, 4) is 5.75 Å². The molecule has 1 N–H and O–H groups in total. The summed E-state index contributed by atoms with van der Waals surface area (Å²) >= 11 is 0. The summed E-state index contributed by atoms with van der Waals surface area (Å²) in [6, 6.07) is 13.5. The van der Waals surface area contributed by atoms with Crippen LogP contribution in [0.15, 0.2) is 48.5 Å². The lowest BCUT2D eigenvalue weighted by molar-refractivity contribution is -0.126. The van der Waals surface area contributed by atoms with E-state index in [0.717, 1.165) is 5.56 Å². The zero-order valence-electron chi connectivity index (χ0n) is 16.9. The van der Waals surface area contributed by atoms with Gasteiger partial charge in [-0.05, 0) is 43.9 Å². The zero-order chi connectivity index (χ0) is 21.0. The fraction of sp³-hybridized carbons (Fsp3) is 0.364. The van der Waals surface area contributed by atoms with Gasteiger partial charge in [0.2, 0.25) is 11.8 Å². The number of hydrogen-bond donors (Lipinski definition) is 1. The Labute approximate surface area is 170 Å². The highest BCUT2D eigenvalue weighted by atomic mass is 19.1. The van der Waals surface area contributed by atoms with Crippen LogP contribution in [0.3, 0.4) is 0 Å². The van der Waals surface area contributed by atoms with Gasteiger partial charge in [-0.3, -0.25) is 9.59 Å². The Bertz CT molecular complexity index is 887. The van der Waals surface area contributed by atoms with Crippen molar-refractivity contribution in [2.75, 3.05) is 39.2 Å². The van der Waals surface area contributed by atoms with Crippen LogP contribution < -0.4 is 15.0 Å². The van der Waals surface area contributed by atoms with Crippen LogP contribution in [0.4, 0.5) is 10.1 Å². The number of benzene rings is 2. The highest BCUT2D eigenvalue weighted by Crippen LogP contribution is 2.32. The molecule has 0 aromatic heterocycles. The molecular weight excluding hydrogens is 373 g/mol. The van der Waals surface area contributed by atoms with Crippen LogP contribution in [-0.2, 0) is 9.59 Å². The van der Waals surface area contributed by atoms with Crippen LogP contribution >= 0.6 is 0 Å². The largest absolute Gasteiger partial charge is 0.495 e. The van der Waals surface area contributed by atoms with E-state index in [-0.39, 0.29) is 30.1 Å². The summed E-state index contributed by atoms with van der Waals surface area (Å²) < 4.78 is 18.9. The summed E-state index contributed by atoms with van der Waals surface area (Å²) in [5, 5.41) is 2.93. The van der Waals surface area contributed by atoms with Gasteiger partial charge < -0.3 is 19.9 Å². The second-order valence-electron chi connectivity index (χ2n) is 7.36. The van der Waals surface area contributed by atoms with Crippen LogP contribution in [0.2, 0.25) is 0 Å². The van der Waals surface area contributed by atoms with E-state index in [1.165, 1.54) is 12.1 Å². The van der Waals surface area contributed by atoms with E-state index < -0.39 is 5.92 Å². The first kappa shape index (κ1) is 20.8. The van der Waals surface area contributed by atoms with Crippen LogP contribution in [0.25, 0.3) is 0 Å². The predicted octanol–water partition coefficient (Wildman–Crippen LogP) is 2.61. The van der Waals surface area contributed by atoms with Gasteiger partial charge in [0.25, 0.3) is 0 Å². The third-order valence-electron chi connectivity index (χ3n) is 5.20. The van der Waals surface area contributed by atoms with Gasteiger partial charge in [-0.2, -0.15) is 0 Å². The second-order valence-corrected chi connectivity index (χ2v) is 7.36. The number of para-hydroxylation sites is 2. The highest BCUT2D eigenvalue weighted by Gasteiger charge is 2.36. The molecule has 1 aliphatic heterocycles. The number of hydrogen-bond acceptors (Lipinski definition) is 4. The molecule has 0 aliphatic carbocycles.